The monoisotopic (exact) mass is 827 g/mol. The molecule has 0 heterocycles. The van der Waals surface area contributed by atoms with E-state index in [0.29, 0.717) is 0 Å². The summed E-state index contributed by atoms with van der Waals surface area (Å²) in [4.78, 5) is 2.56. The van der Waals surface area contributed by atoms with E-state index in [1.165, 1.54) is 112 Å². The van der Waals surface area contributed by atoms with Crippen LogP contribution in [0.2, 0.25) is 0 Å². The second-order valence-electron chi connectivity index (χ2n) is 18.4. The van der Waals surface area contributed by atoms with Crippen molar-refractivity contribution in [2.45, 2.75) is 24.7 Å². The first kappa shape index (κ1) is 37.5. The number of hydrogen-bond donors (Lipinski definition) is 0. The SMILES string of the molecule is CC1(C)c2ccccc2-c2c(N(c3ccc(-c4ccccc4)cc3)c3cccc4c3-c3ccccc3C43c4ccccc4-c4ccc(-c5cccc(-c6ccccc6)c5)cc43)cccc21. The van der Waals surface area contributed by atoms with Crippen LogP contribution in [0.25, 0.3) is 66.8 Å². The Labute approximate surface area is 381 Å². The van der Waals surface area contributed by atoms with Gasteiger partial charge in [-0.15, -0.1) is 0 Å². The smallest absolute Gasteiger partial charge is 0.0726 e. The van der Waals surface area contributed by atoms with Crippen LogP contribution in [0.4, 0.5) is 17.1 Å². The Morgan fingerprint density at radius 3 is 1.37 bits per heavy atom. The van der Waals surface area contributed by atoms with Crippen molar-refractivity contribution in [1.29, 1.82) is 0 Å². The highest BCUT2D eigenvalue weighted by Crippen LogP contribution is 2.65. The molecule has 306 valence electrons. The molecule has 3 aliphatic carbocycles. The normalized spacial score (nSPS) is 15.4. The zero-order valence-corrected chi connectivity index (χ0v) is 36.5. The Morgan fingerprint density at radius 1 is 0.277 bits per heavy atom. The summed E-state index contributed by atoms with van der Waals surface area (Å²) in [6.07, 6.45) is 0. The Morgan fingerprint density at radius 2 is 0.692 bits per heavy atom. The van der Waals surface area contributed by atoms with Gasteiger partial charge in [0.2, 0.25) is 0 Å². The van der Waals surface area contributed by atoms with Gasteiger partial charge in [0.15, 0.2) is 0 Å². The van der Waals surface area contributed by atoms with Crippen LogP contribution < -0.4 is 4.90 Å². The minimum atomic E-state index is -0.531. The van der Waals surface area contributed by atoms with Crippen LogP contribution >= 0.6 is 0 Å². The zero-order valence-electron chi connectivity index (χ0n) is 36.5. The molecule has 0 N–H and O–H groups in total. The third kappa shape index (κ3) is 5.39. The standard InChI is InChI=1S/C64H45N/c1-63(2)53-27-12-10-25-51(53)61-56(63)30-16-32-59(61)65(48-37-34-44(35-38-48)42-18-5-3-6-19-42)60-33-17-31-57-62(60)52-26-11-14-29-55(52)64(57)54-28-13-9-24-49(54)50-39-36-47(41-58(50)64)46-23-15-22-45(40-46)43-20-7-4-8-21-43/h3-41H,1-2H3. The summed E-state index contributed by atoms with van der Waals surface area (Å²) >= 11 is 0. The molecule has 1 spiro atoms. The first-order valence-corrected chi connectivity index (χ1v) is 22.8. The van der Waals surface area contributed by atoms with E-state index in [1.54, 1.807) is 0 Å². The predicted molar refractivity (Wildman–Crippen MR) is 271 cm³/mol. The maximum absolute atomic E-state index is 2.56. The molecule has 0 aliphatic heterocycles. The molecule has 0 saturated carbocycles. The summed E-state index contributed by atoms with van der Waals surface area (Å²) in [5, 5.41) is 0. The molecule has 3 aliphatic rings. The van der Waals surface area contributed by atoms with E-state index in [2.05, 4.69) is 255 Å². The average Bonchev–Trinajstić information content (AvgIpc) is 3.94. The van der Waals surface area contributed by atoms with Crippen LogP contribution in [0.5, 0.6) is 0 Å². The van der Waals surface area contributed by atoms with Crippen LogP contribution in [0, 0.1) is 0 Å². The lowest BCUT2D eigenvalue weighted by molar-refractivity contribution is 0.660. The molecule has 0 amide bonds. The predicted octanol–water partition coefficient (Wildman–Crippen LogP) is 16.8. The van der Waals surface area contributed by atoms with Crippen molar-refractivity contribution in [1.82, 2.24) is 0 Å². The molecule has 1 heteroatoms. The van der Waals surface area contributed by atoms with E-state index in [1.807, 2.05) is 0 Å². The molecule has 65 heavy (non-hydrogen) atoms. The third-order valence-electron chi connectivity index (χ3n) is 14.7. The van der Waals surface area contributed by atoms with E-state index in [4.69, 9.17) is 0 Å². The van der Waals surface area contributed by atoms with Crippen molar-refractivity contribution in [3.63, 3.8) is 0 Å². The summed E-state index contributed by atoms with van der Waals surface area (Å²) in [5.41, 5.74) is 25.9. The lowest BCUT2D eigenvalue weighted by Crippen LogP contribution is -2.26. The van der Waals surface area contributed by atoms with E-state index in [-0.39, 0.29) is 5.41 Å². The lowest BCUT2D eigenvalue weighted by atomic mass is 9.70. The van der Waals surface area contributed by atoms with E-state index in [9.17, 15) is 0 Å². The first-order chi connectivity index (χ1) is 32.0. The fraction of sp³-hybridized carbons (Fsp3) is 0.0625. The van der Waals surface area contributed by atoms with E-state index < -0.39 is 5.41 Å². The third-order valence-corrected chi connectivity index (χ3v) is 14.7. The number of anilines is 3. The number of fused-ring (bicyclic) bond motifs is 13. The number of nitrogens with zero attached hydrogens (tertiary/aromatic N) is 1. The minimum absolute atomic E-state index is 0.143. The van der Waals surface area contributed by atoms with Crippen molar-refractivity contribution < 1.29 is 0 Å². The second-order valence-corrected chi connectivity index (χ2v) is 18.4. The maximum atomic E-state index is 2.56. The largest absolute Gasteiger partial charge is 0.309 e. The summed E-state index contributed by atoms with van der Waals surface area (Å²) in [6, 6.07) is 88.3. The van der Waals surface area contributed by atoms with Crippen molar-refractivity contribution in [2.24, 2.45) is 0 Å². The van der Waals surface area contributed by atoms with Gasteiger partial charge < -0.3 is 4.90 Å². The molecule has 0 saturated heterocycles. The molecule has 0 aromatic heterocycles. The molecular weight excluding hydrogens is 783 g/mol. The topological polar surface area (TPSA) is 3.24 Å². The van der Waals surface area contributed by atoms with Gasteiger partial charge in [-0.3, -0.25) is 0 Å². The van der Waals surface area contributed by atoms with Gasteiger partial charge in [0.1, 0.15) is 0 Å². The van der Waals surface area contributed by atoms with Crippen molar-refractivity contribution in [3.8, 4) is 66.8 Å². The molecule has 0 bridgehead atoms. The highest BCUT2D eigenvalue weighted by atomic mass is 15.1. The van der Waals surface area contributed by atoms with Crippen LogP contribution in [0.15, 0.2) is 237 Å². The number of benzene rings is 10. The van der Waals surface area contributed by atoms with E-state index in [0.717, 1.165) is 5.69 Å². The molecule has 1 nitrogen and oxygen atoms in total. The molecule has 1 atom stereocenters. The average molecular weight is 828 g/mol. The lowest BCUT2D eigenvalue weighted by Gasteiger charge is -2.33. The van der Waals surface area contributed by atoms with Crippen molar-refractivity contribution >= 4 is 17.1 Å². The number of rotatable bonds is 6. The maximum Gasteiger partial charge on any atom is 0.0726 e. The Bertz CT molecular complexity index is 3510. The Balaban J connectivity index is 1.07. The minimum Gasteiger partial charge on any atom is -0.309 e. The molecule has 10 aromatic carbocycles. The molecule has 0 radical (unpaired) electrons. The van der Waals surface area contributed by atoms with Gasteiger partial charge in [0, 0.05) is 22.2 Å². The van der Waals surface area contributed by atoms with Gasteiger partial charge in [-0.2, -0.15) is 0 Å². The van der Waals surface area contributed by atoms with Crippen LogP contribution in [0.3, 0.4) is 0 Å². The molecule has 10 aromatic rings. The highest BCUT2D eigenvalue weighted by Gasteiger charge is 2.52. The quantitative estimate of drug-likeness (QED) is 0.161. The van der Waals surface area contributed by atoms with Crippen LogP contribution in [-0.4, -0.2) is 0 Å². The fourth-order valence-electron chi connectivity index (χ4n) is 11.8. The van der Waals surface area contributed by atoms with Crippen LogP contribution in [-0.2, 0) is 10.8 Å². The fourth-order valence-corrected chi connectivity index (χ4v) is 11.8. The van der Waals surface area contributed by atoms with Gasteiger partial charge >= 0.3 is 0 Å². The van der Waals surface area contributed by atoms with E-state index >= 15 is 0 Å². The van der Waals surface area contributed by atoms with Gasteiger partial charge in [-0.25, -0.2) is 0 Å². The summed E-state index contributed by atoms with van der Waals surface area (Å²) in [5.74, 6) is 0. The number of hydrogen-bond acceptors (Lipinski definition) is 1. The summed E-state index contributed by atoms with van der Waals surface area (Å²) < 4.78 is 0. The Hall–Kier alpha value is -8.00. The summed E-state index contributed by atoms with van der Waals surface area (Å²) in [6.45, 7) is 4.75. The van der Waals surface area contributed by atoms with Crippen molar-refractivity contribution in [2.75, 3.05) is 4.90 Å². The van der Waals surface area contributed by atoms with Crippen LogP contribution in [0.1, 0.15) is 47.2 Å². The highest BCUT2D eigenvalue weighted by molar-refractivity contribution is 6.04. The van der Waals surface area contributed by atoms with Gasteiger partial charge in [-0.05, 0) is 125 Å². The molecule has 1 unspecified atom stereocenters. The second kappa shape index (κ2) is 14.3. The van der Waals surface area contributed by atoms with Gasteiger partial charge in [0.05, 0.1) is 16.8 Å². The zero-order chi connectivity index (χ0) is 43.3. The summed E-state index contributed by atoms with van der Waals surface area (Å²) in [7, 11) is 0. The molecule has 13 rings (SSSR count). The molecule has 0 fully saturated rings. The van der Waals surface area contributed by atoms with Gasteiger partial charge in [0.25, 0.3) is 0 Å². The Kier molecular flexibility index (Phi) is 8.24. The molecular formula is C64H45N. The van der Waals surface area contributed by atoms with Gasteiger partial charge in [-0.1, -0.05) is 214 Å². The first-order valence-electron chi connectivity index (χ1n) is 22.8. The van der Waals surface area contributed by atoms with Crippen molar-refractivity contribution in [3.05, 3.63) is 270 Å².